The molecule has 0 aliphatic rings. The maximum atomic E-state index is 13.0. The predicted octanol–water partition coefficient (Wildman–Crippen LogP) is 1.24. The maximum Gasteiger partial charge on any atom is 0.343 e. The number of carbonyl (C=O) groups excluding carboxylic acids is 1. The average Bonchev–Trinajstić information content (AvgIpc) is 2.12. The molecule has 1 aromatic heterocycles. The van der Waals surface area contributed by atoms with Crippen molar-refractivity contribution in [3.05, 3.63) is 22.7 Å². The van der Waals surface area contributed by atoms with Gasteiger partial charge in [-0.15, -0.1) is 0 Å². The normalized spacial score (nSPS) is 9.77. The zero-order valence-corrected chi connectivity index (χ0v) is 7.43. The number of rotatable bonds is 1. The third-order valence-corrected chi connectivity index (χ3v) is 1.71. The Labute approximate surface area is 78.5 Å². The standard InChI is InChI=1S/C7H6ClFN2O2/c1-13-7(12)4-3(9)2-11-6(8)5(4)10/h2H,10H2,1H3. The lowest BCUT2D eigenvalue weighted by Crippen LogP contribution is -2.09. The molecule has 0 bridgehead atoms. The second kappa shape index (κ2) is 3.57. The van der Waals surface area contributed by atoms with Crippen LogP contribution in [0.15, 0.2) is 6.20 Å². The molecule has 0 aliphatic heterocycles. The van der Waals surface area contributed by atoms with E-state index in [0.29, 0.717) is 0 Å². The third-order valence-electron chi connectivity index (χ3n) is 1.41. The quantitative estimate of drug-likeness (QED) is 0.552. The van der Waals surface area contributed by atoms with E-state index in [9.17, 15) is 9.18 Å². The molecule has 0 aliphatic carbocycles. The molecule has 70 valence electrons. The molecule has 2 N–H and O–H groups in total. The van der Waals surface area contributed by atoms with Gasteiger partial charge in [0.1, 0.15) is 5.56 Å². The van der Waals surface area contributed by atoms with Gasteiger partial charge in [0, 0.05) is 0 Å². The van der Waals surface area contributed by atoms with Crippen LogP contribution >= 0.6 is 11.6 Å². The fourth-order valence-corrected chi connectivity index (χ4v) is 0.932. The Morgan fingerprint density at radius 3 is 2.92 bits per heavy atom. The lowest BCUT2D eigenvalue weighted by atomic mass is 10.2. The first-order valence-corrected chi connectivity index (χ1v) is 3.63. The summed E-state index contributed by atoms with van der Waals surface area (Å²) in [6.07, 6.45) is 0.810. The van der Waals surface area contributed by atoms with Gasteiger partial charge >= 0.3 is 5.97 Å². The third kappa shape index (κ3) is 1.70. The molecule has 0 amide bonds. The largest absolute Gasteiger partial charge is 0.465 e. The van der Waals surface area contributed by atoms with E-state index < -0.39 is 11.8 Å². The zero-order chi connectivity index (χ0) is 10.0. The molecule has 0 radical (unpaired) electrons. The summed E-state index contributed by atoms with van der Waals surface area (Å²) in [5.41, 5.74) is 4.72. The van der Waals surface area contributed by atoms with Gasteiger partial charge in [-0.2, -0.15) is 0 Å². The molecule has 6 heteroatoms. The number of nitrogen functional groups attached to an aromatic ring is 1. The second-order valence-electron chi connectivity index (χ2n) is 2.18. The number of ether oxygens (including phenoxy) is 1. The van der Waals surface area contributed by atoms with Crippen molar-refractivity contribution in [2.24, 2.45) is 0 Å². The monoisotopic (exact) mass is 204 g/mol. The summed E-state index contributed by atoms with van der Waals surface area (Å²) in [7, 11) is 1.12. The van der Waals surface area contributed by atoms with Crippen LogP contribution in [0.5, 0.6) is 0 Å². The van der Waals surface area contributed by atoms with E-state index in [2.05, 4.69) is 9.72 Å². The van der Waals surface area contributed by atoms with Crippen molar-refractivity contribution < 1.29 is 13.9 Å². The second-order valence-corrected chi connectivity index (χ2v) is 2.54. The summed E-state index contributed by atoms with van der Waals surface area (Å²) in [6.45, 7) is 0. The summed E-state index contributed by atoms with van der Waals surface area (Å²) in [5, 5.41) is -0.123. The van der Waals surface area contributed by atoms with Crippen LogP contribution in [0, 0.1) is 5.82 Å². The number of hydrogen-bond acceptors (Lipinski definition) is 4. The number of aromatic nitrogens is 1. The van der Waals surface area contributed by atoms with Gasteiger partial charge < -0.3 is 10.5 Å². The fourth-order valence-electron chi connectivity index (χ4n) is 0.789. The van der Waals surface area contributed by atoms with Crippen molar-refractivity contribution >= 4 is 23.3 Å². The van der Waals surface area contributed by atoms with Crippen molar-refractivity contribution in [2.45, 2.75) is 0 Å². The van der Waals surface area contributed by atoms with Crippen LogP contribution in [0.2, 0.25) is 5.15 Å². The van der Waals surface area contributed by atoms with Crippen LogP contribution in [0.25, 0.3) is 0 Å². The summed E-state index contributed by atoms with van der Waals surface area (Å²) in [5.74, 6) is -1.73. The smallest absolute Gasteiger partial charge is 0.343 e. The highest BCUT2D eigenvalue weighted by molar-refractivity contribution is 6.32. The van der Waals surface area contributed by atoms with Crippen LogP contribution in [-0.2, 0) is 4.74 Å². The number of nitrogens with two attached hydrogens (primary N) is 1. The van der Waals surface area contributed by atoms with Gasteiger partial charge in [-0.3, -0.25) is 0 Å². The molecule has 1 aromatic rings. The van der Waals surface area contributed by atoms with E-state index in [1.165, 1.54) is 0 Å². The van der Waals surface area contributed by atoms with E-state index in [-0.39, 0.29) is 16.4 Å². The van der Waals surface area contributed by atoms with Gasteiger partial charge in [-0.1, -0.05) is 11.6 Å². The van der Waals surface area contributed by atoms with Crippen LogP contribution in [0.1, 0.15) is 10.4 Å². The Morgan fingerprint density at radius 1 is 1.77 bits per heavy atom. The van der Waals surface area contributed by atoms with Gasteiger partial charge in [-0.05, 0) is 0 Å². The van der Waals surface area contributed by atoms with E-state index in [4.69, 9.17) is 17.3 Å². The van der Waals surface area contributed by atoms with Crippen molar-refractivity contribution in [3.63, 3.8) is 0 Å². The lowest BCUT2D eigenvalue weighted by molar-refractivity contribution is 0.0596. The molecular weight excluding hydrogens is 199 g/mol. The van der Waals surface area contributed by atoms with E-state index in [0.717, 1.165) is 13.3 Å². The minimum atomic E-state index is -0.876. The summed E-state index contributed by atoms with van der Waals surface area (Å²) in [6, 6.07) is 0. The van der Waals surface area contributed by atoms with Crippen molar-refractivity contribution in [2.75, 3.05) is 12.8 Å². The first-order chi connectivity index (χ1) is 6.07. The molecule has 0 atom stereocenters. The van der Waals surface area contributed by atoms with Gasteiger partial charge in [0.2, 0.25) is 0 Å². The Hall–Kier alpha value is -1.36. The molecular formula is C7H6ClFN2O2. The molecule has 0 aromatic carbocycles. The van der Waals surface area contributed by atoms with Crippen LogP contribution in [-0.4, -0.2) is 18.1 Å². The number of methoxy groups -OCH3 is 1. The number of carbonyl (C=O) groups is 1. The average molecular weight is 205 g/mol. The van der Waals surface area contributed by atoms with Crippen molar-refractivity contribution in [3.8, 4) is 0 Å². The molecule has 0 spiro atoms. The zero-order valence-electron chi connectivity index (χ0n) is 6.67. The maximum absolute atomic E-state index is 13.0. The summed E-state index contributed by atoms with van der Waals surface area (Å²) in [4.78, 5) is 14.4. The number of nitrogens with zero attached hydrogens (tertiary/aromatic N) is 1. The lowest BCUT2D eigenvalue weighted by Gasteiger charge is -2.04. The molecule has 0 fully saturated rings. The van der Waals surface area contributed by atoms with Crippen LogP contribution < -0.4 is 5.73 Å². The summed E-state index contributed by atoms with van der Waals surface area (Å²) < 4.78 is 17.3. The Bertz CT molecular complexity index is 357. The van der Waals surface area contributed by atoms with Crippen LogP contribution in [0.3, 0.4) is 0 Å². The Balaban J connectivity index is 3.33. The number of anilines is 1. The molecule has 1 heterocycles. The minimum absolute atomic E-state index is 0.123. The van der Waals surface area contributed by atoms with Crippen molar-refractivity contribution in [1.82, 2.24) is 4.98 Å². The van der Waals surface area contributed by atoms with E-state index >= 15 is 0 Å². The number of hydrogen-bond donors (Lipinski definition) is 1. The molecule has 1 rings (SSSR count). The van der Waals surface area contributed by atoms with E-state index in [1.54, 1.807) is 0 Å². The first-order valence-electron chi connectivity index (χ1n) is 3.25. The first kappa shape index (κ1) is 9.73. The van der Waals surface area contributed by atoms with Gasteiger partial charge in [0.05, 0.1) is 19.0 Å². The highest BCUT2D eigenvalue weighted by atomic mass is 35.5. The predicted molar refractivity (Wildman–Crippen MR) is 45.0 cm³/mol. The van der Waals surface area contributed by atoms with Gasteiger partial charge in [0.25, 0.3) is 0 Å². The summed E-state index contributed by atoms with van der Waals surface area (Å²) >= 11 is 5.48. The van der Waals surface area contributed by atoms with Gasteiger partial charge in [0.15, 0.2) is 11.0 Å². The number of halogens is 2. The SMILES string of the molecule is COC(=O)c1c(F)cnc(Cl)c1N. The van der Waals surface area contributed by atoms with Crippen LogP contribution in [0.4, 0.5) is 10.1 Å². The van der Waals surface area contributed by atoms with Crippen molar-refractivity contribution in [1.29, 1.82) is 0 Å². The molecule has 13 heavy (non-hydrogen) atoms. The Morgan fingerprint density at radius 2 is 2.38 bits per heavy atom. The Kier molecular flexibility index (Phi) is 2.67. The molecule has 0 saturated heterocycles. The molecule has 0 unspecified atom stereocenters. The van der Waals surface area contributed by atoms with Gasteiger partial charge in [-0.25, -0.2) is 14.2 Å². The number of pyridine rings is 1. The highest BCUT2D eigenvalue weighted by Gasteiger charge is 2.18. The fraction of sp³-hybridized carbons (Fsp3) is 0.143. The topological polar surface area (TPSA) is 65.2 Å². The van der Waals surface area contributed by atoms with E-state index in [1.807, 2.05) is 0 Å². The minimum Gasteiger partial charge on any atom is -0.465 e. The molecule has 4 nitrogen and oxygen atoms in total. The number of esters is 1. The molecule has 0 saturated carbocycles. The highest BCUT2D eigenvalue weighted by Crippen LogP contribution is 2.22.